The fourth-order valence-electron chi connectivity index (χ4n) is 10.1. The highest BCUT2D eigenvalue weighted by Crippen LogP contribution is 2.56. The van der Waals surface area contributed by atoms with Gasteiger partial charge in [-0.1, -0.05) is 167 Å². The van der Waals surface area contributed by atoms with Crippen LogP contribution in [0.2, 0.25) is 0 Å². The lowest BCUT2D eigenvalue weighted by Gasteiger charge is -2.32. The molecule has 9 aromatic rings. The van der Waals surface area contributed by atoms with Gasteiger partial charge in [-0.2, -0.15) is 0 Å². The summed E-state index contributed by atoms with van der Waals surface area (Å²) in [5.74, 6) is 0. The van der Waals surface area contributed by atoms with Crippen LogP contribution in [0.15, 0.2) is 182 Å². The fraction of sp³-hybridized carbons (Fsp3) is 0.111. The number of para-hydroxylation sites is 2. The highest BCUT2D eigenvalue weighted by Gasteiger charge is 2.39. The highest BCUT2D eigenvalue weighted by molar-refractivity contribution is 6.10. The predicted octanol–water partition coefficient (Wildman–Crippen LogP) is 14.5. The fourth-order valence-corrected chi connectivity index (χ4v) is 10.1. The average Bonchev–Trinajstić information content (AvgIpc) is 3.79. The Bertz CT molecular complexity index is 2980. The zero-order valence-electron chi connectivity index (χ0n) is 32.2. The van der Waals surface area contributed by atoms with Crippen molar-refractivity contribution in [2.24, 2.45) is 0 Å². The van der Waals surface area contributed by atoms with Crippen LogP contribution in [0.25, 0.3) is 60.9 Å². The number of aromatic nitrogens is 1. The molecule has 1 aromatic heterocycles. The van der Waals surface area contributed by atoms with Crippen molar-refractivity contribution in [2.75, 3.05) is 4.90 Å². The molecule has 0 N–H and O–H groups in total. The molecular weight excluding hydrogens is 677 g/mol. The number of fused-ring (bicyclic) bond motifs is 9. The van der Waals surface area contributed by atoms with E-state index in [1.807, 2.05) is 0 Å². The van der Waals surface area contributed by atoms with Crippen molar-refractivity contribution in [3.05, 3.63) is 204 Å². The minimum atomic E-state index is -0.138. The third-order valence-corrected chi connectivity index (χ3v) is 12.8. The highest BCUT2D eigenvalue weighted by atomic mass is 15.2. The van der Waals surface area contributed by atoms with Gasteiger partial charge in [0, 0.05) is 32.9 Å². The Kier molecular flexibility index (Phi) is 6.98. The Morgan fingerprint density at radius 1 is 0.393 bits per heavy atom. The van der Waals surface area contributed by atoms with E-state index in [1.165, 1.54) is 83.1 Å². The SMILES string of the molecule is CC1(C)c2ccccc2-c2cc(N(c3ccc(-c4ccccc4)cc3-n3c4ccccc4c4ccccc43)c3cccc4c3-c3ccccc3C4(C)C)ccc21. The monoisotopic (exact) mass is 718 g/mol. The maximum Gasteiger partial charge on any atom is 0.0709 e. The van der Waals surface area contributed by atoms with E-state index in [2.05, 4.69) is 219 Å². The van der Waals surface area contributed by atoms with E-state index >= 15 is 0 Å². The number of benzene rings is 8. The molecule has 0 bridgehead atoms. The molecule has 0 amide bonds. The first kappa shape index (κ1) is 32.8. The molecule has 2 heteroatoms. The molecule has 0 radical (unpaired) electrons. The largest absolute Gasteiger partial charge is 0.308 e. The molecule has 11 rings (SSSR count). The van der Waals surface area contributed by atoms with E-state index in [9.17, 15) is 0 Å². The number of nitrogens with zero attached hydrogens (tertiary/aromatic N) is 2. The van der Waals surface area contributed by atoms with Gasteiger partial charge in [-0.25, -0.2) is 0 Å². The Labute approximate surface area is 328 Å². The van der Waals surface area contributed by atoms with Gasteiger partial charge < -0.3 is 9.47 Å². The molecule has 0 saturated carbocycles. The van der Waals surface area contributed by atoms with Gasteiger partial charge >= 0.3 is 0 Å². The van der Waals surface area contributed by atoms with Gasteiger partial charge in [-0.15, -0.1) is 0 Å². The molecule has 268 valence electrons. The van der Waals surface area contributed by atoms with Crippen LogP contribution in [0.1, 0.15) is 49.9 Å². The van der Waals surface area contributed by atoms with E-state index in [0.29, 0.717) is 0 Å². The topological polar surface area (TPSA) is 8.17 Å². The summed E-state index contributed by atoms with van der Waals surface area (Å²) in [5, 5.41) is 2.50. The van der Waals surface area contributed by atoms with Crippen molar-refractivity contribution in [1.82, 2.24) is 4.57 Å². The van der Waals surface area contributed by atoms with Crippen molar-refractivity contribution in [3.63, 3.8) is 0 Å². The van der Waals surface area contributed by atoms with Gasteiger partial charge in [0.05, 0.1) is 28.1 Å². The minimum Gasteiger partial charge on any atom is -0.308 e. The molecule has 8 aromatic carbocycles. The smallest absolute Gasteiger partial charge is 0.0709 e. The number of hydrogen-bond donors (Lipinski definition) is 0. The zero-order valence-corrected chi connectivity index (χ0v) is 32.2. The summed E-state index contributed by atoms with van der Waals surface area (Å²) >= 11 is 0. The molecule has 2 aliphatic carbocycles. The van der Waals surface area contributed by atoms with Crippen molar-refractivity contribution in [1.29, 1.82) is 0 Å². The average molecular weight is 719 g/mol. The summed E-state index contributed by atoms with van der Waals surface area (Å²) in [5.41, 5.74) is 19.8. The maximum absolute atomic E-state index is 2.55. The summed E-state index contributed by atoms with van der Waals surface area (Å²) in [7, 11) is 0. The molecule has 0 atom stereocenters. The van der Waals surface area contributed by atoms with Gasteiger partial charge in [-0.05, 0) is 92.5 Å². The molecule has 2 nitrogen and oxygen atoms in total. The predicted molar refractivity (Wildman–Crippen MR) is 236 cm³/mol. The molecule has 2 aliphatic rings. The van der Waals surface area contributed by atoms with Crippen LogP contribution < -0.4 is 4.90 Å². The first-order valence-electron chi connectivity index (χ1n) is 19.8. The summed E-state index contributed by atoms with van der Waals surface area (Å²) in [4.78, 5) is 2.55. The van der Waals surface area contributed by atoms with Gasteiger partial charge in [0.1, 0.15) is 0 Å². The Morgan fingerprint density at radius 3 is 1.70 bits per heavy atom. The van der Waals surface area contributed by atoms with Crippen LogP contribution in [-0.4, -0.2) is 4.57 Å². The molecule has 56 heavy (non-hydrogen) atoms. The molecule has 0 saturated heterocycles. The van der Waals surface area contributed by atoms with Crippen molar-refractivity contribution < 1.29 is 0 Å². The van der Waals surface area contributed by atoms with Crippen molar-refractivity contribution in [2.45, 2.75) is 38.5 Å². The molecular formula is C54H42N2. The van der Waals surface area contributed by atoms with Crippen LogP contribution in [0.3, 0.4) is 0 Å². The lowest BCUT2D eigenvalue weighted by molar-refractivity contribution is 0.660. The molecule has 0 spiro atoms. The first-order valence-corrected chi connectivity index (χ1v) is 19.8. The van der Waals surface area contributed by atoms with E-state index in [0.717, 1.165) is 17.1 Å². The zero-order chi connectivity index (χ0) is 37.8. The van der Waals surface area contributed by atoms with Crippen molar-refractivity contribution >= 4 is 38.9 Å². The lowest BCUT2D eigenvalue weighted by atomic mass is 9.82. The third-order valence-electron chi connectivity index (χ3n) is 12.8. The van der Waals surface area contributed by atoms with Gasteiger partial charge in [0.15, 0.2) is 0 Å². The van der Waals surface area contributed by atoms with Crippen LogP contribution in [-0.2, 0) is 10.8 Å². The van der Waals surface area contributed by atoms with Gasteiger partial charge in [-0.3, -0.25) is 0 Å². The van der Waals surface area contributed by atoms with Crippen LogP contribution in [0, 0.1) is 0 Å². The number of rotatable bonds is 5. The molecule has 0 unspecified atom stereocenters. The second-order valence-electron chi connectivity index (χ2n) is 16.5. The summed E-state index contributed by atoms with van der Waals surface area (Å²) < 4.78 is 2.49. The quantitative estimate of drug-likeness (QED) is 0.172. The van der Waals surface area contributed by atoms with E-state index in [-0.39, 0.29) is 10.8 Å². The first-order chi connectivity index (χ1) is 27.3. The van der Waals surface area contributed by atoms with Crippen molar-refractivity contribution in [3.8, 4) is 39.1 Å². The number of hydrogen-bond acceptors (Lipinski definition) is 1. The third kappa shape index (κ3) is 4.56. The summed E-state index contributed by atoms with van der Waals surface area (Å²) in [6.45, 7) is 9.47. The second-order valence-corrected chi connectivity index (χ2v) is 16.5. The minimum absolute atomic E-state index is 0.0856. The molecule has 0 aliphatic heterocycles. The second kappa shape index (κ2) is 11.9. The molecule has 1 heterocycles. The lowest BCUT2D eigenvalue weighted by Crippen LogP contribution is -2.17. The van der Waals surface area contributed by atoms with E-state index in [4.69, 9.17) is 0 Å². The number of anilines is 3. The van der Waals surface area contributed by atoms with E-state index in [1.54, 1.807) is 0 Å². The summed E-state index contributed by atoms with van der Waals surface area (Å²) in [6.07, 6.45) is 0. The standard InChI is InChI=1S/C54H42N2/c1-53(2)43-23-12-8-19-38(43)42-34-37(30-31-45(42)53)55(50-28-16-25-46-52(50)41-22-9-13-24-44(41)54(46,3)4)49-32-29-36(35-17-6-5-7-18-35)33-51(49)56-47-26-14-10-20-39(47)40-21-11-15-27-48(40)56/h5-34H,1-4H3. The Morgan fingerprint density at radius 2 is 0.964 bits per heavy atom. The van der Waals surface area contributed by atoms with Crippen LogP contribution >= 0.6 is 0 Å². The van der Waals surface area contributed by atoms with Crippen LogP contribution in [0.4, 0.5) is 17.1 Å². The Balaban J connectivity index is 1.27. The normalized spacial score (nSPS) is 14.4. The maximum atomic E-state index is 2.55. The van der Waals surface area contributed by atoms with Gasteiger partial charge in [0.25, 0.3) is 0 Å². The molecule has 0 fully saturated rings. The van der Waals surface area contributed by atoms with Crippen LogP contribution in [0.5, 0.6) is 0 Å². The van der Waals surface area contributed by atoms with E-state index < -0.39 is 0 Å². The summed E-state index contributed by atoms with van der Waals surface area (Å²) in [6, 6.07) is 67.7. The van der Waals surface area contributed by atoms with Gasteiger partial charge in [0.2, 0.25) is 0 Å². The Hall–Kier alpha value is -6.64.